The molecule has 3 aromatic rings. The summed E-state index contributed by atoms with van der Waals surface area (Å²) >= 11 is 0. The SMILES string of the molecule is CCCCCCC/C=C/CC[N+](Cc1ccccc1)(Cc1ccccc1)Cc1ccccc1. The molecule has 0 bridgehead atoms. The zero-order valence-electron chi connectivity index (χ0n) is 20.5. The first-order valence-corrected chi connectivity index (χ1v) is 12.9. The van der Waals surface area contributed by atoms with E-state index < -0.39 is 0 Å². The molecule has 0 aliphatic rings. The van der Waals surface area contributed by atoms with Crippen LogP contribution in [0.4, 0.5) is 0 Å². The minimum absolute atomic E-state index is 1.04. The van der Waals surface area contributed by atoms with E-state index >= 15 is 0 Å². The molecule has 174 valence electrons. The quantitative estimate of drug-likeness (QED) is 0.126. The van der Waals surface area contributed by atoms with Crippen molar-refractivity contribution in [3.05, 3.63) is 120 Å². The van der Waals surface area contributed by atoms with Crippen LogP contribution in [-0.4, -0.2) is 11.0 Å². The topological polar surface area (TPSA) is 0 Å². The summed E-state index contributed by atoms with van der Waals surface area (Å²) in [5.74, 6) is 0. The van der Waals surface area contributed by atoms with E-state index in [1.54, 1.807) is 0 Å². The Hall–Kier alpha value is -2.64. The van der Waals surface area contributed by atoms with Crippen LogP contribution in [0, 0.1) is 0 Å². The molecule has 0 spiro atoms. The molecular formula is C32H42N+. The predicted molar refractivity (Wildman–Crippen MR) is 143 cm³/mol. The average Bonchev–Trinajstić information content (AvgIpc) is 2.85. The van der Waals surface area contributed by atoms with E-state index in [0.717, 1.165) is 37.1 Å². The van der Waals surface area contributed by atoms with Crippen LogP contribution >= 0.6 is 0 Å². The maximum absolute atomic E-state index is 2.44. The van der Waals surface area contributed by atoms with E-state index in [9.17, 15) is 0 Å². The van der Waals surface area contributed by atoms with Crippen LogP contribution in [0.1, 0.15) is 68.6 Å². The lowest BCUT2D eigenvalue weighted by Crippen LogP contribution is -2.46. The van der Waals surface area contributed by atoms with E-state index in [-0.39, 0.29) is 0 Å². The lowest BCUT2D eigenvalue weighted by atomic mass is 10.1. The summed E-state index contributed by atoms with van der Waals surface area (Å²) in [4.78, 5) is 0. The number of unbranched alkanes of at least 4 members (excludes halogenated alkanes) is 5. The Balaban J connectivity index is 1.74. The van der Waals surface area contributed by atoms with Crippen molar-refractivity contribution in [2.75, 3.05) is 6.54 Å². The van der Waals surface area contributed by atoms with Gasteiger partial charge in [0.15, 0.2) is 0 Å². The third-order valence-electron chi connectivity index (χ3n) is 6.49. The highest BCUT2D eigenvalue weighted by Crippen LogP contribution is 2.25. The van der Waals surface area contributed by atoms with Crippen molar-refractivity contribution in [1.82, 2.24) is 0 Å². The third kappa shape index (κ3) is 9.40. The van der Waals surface area contributed by atoms with Crippen molar-refractivity contribution in [2.45, 2.75) is 71.5 Å². The minimum atomic E-state index is 1.04. The van der Waals surface area contributed by atoms with Crippen molar-refractivity contribution in [1.29, 1.82) is 0 Å². The summed E-state index contributed by atoms with van der Waals surface area (Å²) in [6, 6.07) is 33.1. The molecule has 0 amide bonds. The zero-order chi connectivity index (χ0) is 23.0. The Kier molecular flexibility index (Phi) is 11.0. The number of benzene rings is 3. The van der Waals surface area contributed by atoms with Crippen molar-refractivity contribution in [2.24, 2.45) is 0 Å². The van der Waals surface area contributed by atoms with Crippen molar-refractivity contribution in [3.63, 3.8) is 0 Å². The summed E-state index contributed by atoms with van der Waals surface area (Å²) in [6.07, 6.45) is 14.0. The van der Waals surface area contributed by atoms with Gasteiger partial charge in [0.2, 0.25) is 0 Å². The Bertz CT molecular complexity index is 798. The monoisotopic (exact) mass is 440 g/mol. The molecule has 0 N–H and O–H groups in total. The van der Waals surface area contributed by atoms with Crippen LogP contribution in [0.5, 0.6) is 0 Å². The van der Waals surface area contributed by atoms with Gasteiger partial charge in [0, 0.05) is 23.1 Å². The summed E-state index contributed by atoms with van der Waals surface area (Å²) < 4.78 is 1.04. The molecule has 0 unspecified atom stereocenters. The van der Waals surface area contributed by atoms with Gasteiger partial charge in [-0.2, -0.15) is 0 Å². The van der Waals surface area contributed by atoms with Gasteiger partial charge < -0.3 is 4.48 Å². The maximum Gasteiger partial charge on any atom is 0.105 e. The lowest BCUT2D eigenvalue weighted by Gasteiger charge is -2.39. The van der Waals surface area contributed by atoms with Gasteiger partial charge in [-0.1, -0.05) is 136 Å². The molecule has 1 nitrogen and oxygen atoms in total. The van der Waals surface area contributed by atoms with Gasteiger partial charge in [-0.25, -0.2) is 0 Å². The molecule has 3 rings (SSSR count). The fraction of sp³-hybridized carbons (Fsp3) is 0.375. The largest absolute Gasteiger partial charge is 0.312 e. The third-order valence-corrected chi connectivity index (χ3v) is 6.49. The van der Waals surface area contributed by atoms with Crippen LogP contribution in [0.25, 0.3) is 0 Å². The minimum Gasteiger partial charge on any atom is -0.312 e. The number of nitrogens with zero attached hydrogens (tertiary/aromatic N) is 1. The first-order valence-electron chi connectivity index (χ1n) is 12.9. The Morgan fingerprint density at radius 2 is 0.939 bits per heavy atom. The van der Waals surface area contributed by atoms with Crippen LogP contribution < -0.4 is 0 Å². The van der Waals surface area contributed by atoms with Crippen LogP contribution in [0.15, 0.2) is 103 Å². The normalized spacial score (nSPS) is 11.8. The highest BCUT2D eigenvalue weighted by molar-refractivity contribution is 5.17. The molecule has 0 atom stereocenters. The van der Waals surface area contributed by atoms with Gasteiger partial charge in [0.25, 0.3) is 0 Å². The van der Waals surface area contributed by atoms with Crippen molar-refractivity contribution < 1.29 is 4.48 Å². The van der Waals surface area contributed by atoms with Crippen LogP contribution in [0.3, 0.4) is 0 Å². The zero-order valence-corrected chi connectivity index (χ0v) is 20.5. The summed E-state index contributed by atoms with van der Waals surface area (Å²) in [7, 11) is 0. The number of hydrogen-bond donors (Lipinski definition) is 0. The fourth-order valence-corrected chi connectivity index (χ4v) is 4.77. The molecule has 0 aromatic heterocycles. The highest BCUT2D eigenvalue weighted by Gasteiger charge is 2.28. The lowest BCUT2D eigenvalue weighted by molar-refractivity contribution is -0.965. The Morgan fingerprint density at radius 1 is 0.515 bits per heavy atom. The van der Waals surface area contributed by atoms with Crippen LogP contribution in [-0.2, 0) is 19.6 Å². The summed E-state index contributed by atoms with van der Waals surface area (Å²) in [6.45, 7) is 6.58. The average molecular weight is 441 g/mol. The van der Waals surface area contributed by atoms with Crippen molar-refractivity contribution >= 4 is 0 Å². The van der Waals surface area contributed by atoms with Gasteiger partial charge in [-0.05, 0) is 12.8 Å². The standard InChI is InChI=1S/C32H42N/c1-2-3-4-5-6-7-8-9-19-26-33(27-30-20-13-10-14-21-30,28-31-22-15-11-16-23-31)29-32-24-17-12-18-25-32/h8-18,20-25H,2-7,19,26-29H2,1H3/q+1/b9-8+. The first kappa shape index (κ1) is 25.0. The van der Waals surface area contributed by atoms with Gasteiger partial charge in [0.1, 0.15) is 19.6 Å². The smallest absolute Gasteiger partial charge is 0.105 e. The molecule has 0 aliphatic heterocycles. The first-order chi connectivity index (χ1) is 16.3. The van der Waals surface area contributed by atoms with E-state index in [2.05, 4.69) is 110 Å². The van der Waals surface area contributed by atoms with E-state index in [1.165, 1.54) is 55.2 Å². The maximum atomic E-state index is 2.44. The highest BCUT2D eigenvalue weighted by atomic mass is 15.3. The number of rotatable bonds is 15. The second-order valence-corrected chi connectivity index (χ2v) is 9.46. The molecular weight excluding hydrogens is 398 g/mol. The van der Waals surface area contributed by atoms with E-state index in [1.807, 2.05) is 0 Å². The number of quaternary nitrogens is 1. The van der Waals surface area contributed by atoms with Gasteiger partial charge in [-0.15, -0.1) is 0 Å². The molecule has 0 radical (unpaired) electrons. The Labute approximate surface area is 202 Å². The van der Waals surface area contributed by atoms with Gasteiger partial charge in [-0.3, -0.25) is 0 Å². The molecule has 0 saturated heterocycles. The molecule has 3 aromatic carbocycles. The fourth-order valence-electron chi connectivity index (χ4n) is 4.77. The Morgan fingerprint density at radius 3 is 1.39 bits per heavy atom. The van der Waals surface area contributed by atoms with E-state index in [4.69, 9.17) is 0 Å². The molecule has 1 heteroatoms. The molecule has 33 heavy (non-hydrogen) atoms. The van der Waals surface area contributed by atoms with Gasteiger partial charge in [0.05, 0.1) is 6.54 Å². The predicted octanol–water partition coefficient (Wildman–Crippen LogP) is 8.71. The summed E-state index contributed by atoms with van der Waals surface area (Å²) in [5, 5.41) is 0. The van der Waals surface area contributed by atoms with Crippen LogP contribution in [0.2, 0.25) is 0 Å². The molecule has 0 fully saturated rings. The second kappa shape index (κ2) is 14.5. The second-order valence-electron chi connectivity index (χ2n) is 9.46. The molecule has 0 aliphatic carbocycles. The number of hydrogen-bond acceptors (Lipinski definition) is 0. The summed E-state index contributed by atoms with van der Waals surface area (Å²) in [5.41, 5.74) is 4.26. The molecule has 0 saturated carbocycles. The van der Waals surface area contributed by atoms with E-state index in [0.29, 0.717) is 0 Å². The van der Waals surface area contributed by atoms with Gasteiger partial charge >= 0.3 is 0 Å². The van der Waals surface area contributed by atoms with Crippen molar-refractivity contribution in [3.8, 4) is 0 Å². The molecule has 0 heterocycles. The number of allylic oxidation sites excluding steroid dienone is 1.